The molecule has 6 nitrogen and oxygen atoms in total. The topological polar surface area (TPSA) is 62.5 Å². The monoisotopic (exact) mass is 400 g/mol. The zero-order chi connectivity index (χ0) is 19.6. The first kappa shape index (κ1) is 19.7. The molecule has 1 aliphatic rings. The van der Waals surface area contributed by atoms with Crippen molar-refractivity contribution in [1.82, 2.24) is 19.9 Å². The van der Waals surface area contributed by atoms with Crippen LogP contribution < -0.4 is 0 Å². The van der Waals surface area contributed by atoms with Crippen LogP contribution in [0.4, 0.5) is 13.2 Å². The van der Waals surface area contributed by atoms with Crippen molar-refractivity contribution in [3.8, 4) is 0 Å². The molecule has 0 radical (unpaired) electrons. The normalized spacial score (nSPS) is 16.0. The lowest BCUT2D eigenvalue weighted by molar-refractivity contribution is -0.0329. The number of aromatic nitrogens is 2. The second-order valence-corrected chi connectivity index (χ2v) is 7.33. The summed E-state index contributed by atoms with van der Waals surface area (Å²) < 4.78 is 43.3. The lowest BCUT2D eigenvalue weighted by Gasteiger charge is -2.34. The molecule has 2 aromatic heterocycles. The molecule has 1 amide bonds. The molecule has 1 aliphatic heterocycles. The van der Waals surface area contributed by atoms with E-state index in [2.05, 4.69) is 15.0 Å². The largest absolute Gasteiger partial charge is 0.447 e. The third-order valence-corrected chi connectivity index (χ3v) is 5.19. The van der Waals surface area contributed by atoms with E-state index in [1.807, 2.05) is 13.8 Å². The molecule has 0 atom stereocenters. The van der Waals surface area contributed by atoms with E-state index in [1.54, 1.807) is 4.90 Å². The first-order chi connectivity index (χ1) is 12.7. The van der Waals surface area contributed by atoms with Gasteiger partial charge in [-0.3, -0.25) is 9.69 Å². The van der Waals surface area contributed by atoms with Crippen molar-refractivity contribution in [2.24, 2.45) is 0 Å². The number of carbonyl (C=O) groups excluding carboxylic acids is 1. The number of rotatable bonds is 4. The summed E-state index contributed by atoms with van der Waals surface area (Å²) in [5, 5.41) is 3.62. The first-order valence-electron chi connectivity index (χ1n) is 8.39. The van der Waals surface area contributed by atoms with E-state index < -0.39 is 11.4 Å². The van der Waals surface area contributed by atoms with Crippen LogP contribution in [0.3, 0.4) is 0 Å². The van der Waals surface area contributed by atoms with Gasteiger partial charge in [0.25, 0.3) is 5.91 Å². The third kappa shape index (κ3) is 4.81. The minimum atomic E-state index is -4.49. The highest BCUT2D eigenvalue weighted by molar-refractivity contribution is 8.00. The Hall–Kier alpha value is -2.07. The van der Waals surface area contributed by atoms with E-state index in [4.69, 9.17) is 4.52 Å². The van der Waals surface area contributed by atoms with Crippen LogP contribution >= 0.6 is 11.8 Å². The van der Waals surface area contributed by atoms with Gasteiger partial charge in [0.15, 0.2) is 0 Å². The number of nitrogens with zero attached hydrogens (tertiary/aromatic N) is 4. The van der Waals surface area contributed by atoms with Crippen LogP contribution in [-0.2, 0) is 6.54 Å². The molecule has 0 N–H and O–H groups in total. The number of carbonyl (C=O) groups is 1. The van der Waals surface area contributed by atoms with E-state index in [1.165, 1.54) is 18.3 Å². The molecular formula is C17H19F3N4O2S. The maximum atomic E-state index is 12.7. The van der Waals surface area contributed by atoms with Crippen molar-refractivity contribution >= 4 is 17.7 Å². The summed E-state index contributed by atoms with van der Waals surface area (Å²) in [6.45, 7) is 6.53. The molecule has 0 unspecified atom stereocenters. The maximum absolute atomic E-state index is 12.7. The van der Waals surface area contributed by atoms with Crippen molar-refractivity contribution in [2.45, 2.75) is 30.9 Å². The van der Waals surface area contributed by atoms with Crippen molar-refractivity contribution in [1.29, 1.82) is 0 Å². The van der Waals surface area contributed by atoms with Crippen LogP contribution in [0.1, 0.15) is 27.4 Å². The molecule has 1 fully saturated rings. The number of piperazine rings is 1. The average Bonchev–Trinajstić information content (AvgIpc) is 2.93. The summed E-state index contributed by atoms with van der Waals surface area (Å²) >= 11 is -0.360. The van der Waals surface area contributed by atoms with Gasteiger partial charge in [0.05, 0.1) is 11.3 Å². The van der Waals surface area contributed by atoms with E-state index >= 15 is 0 Å². The molecule has 0 aromatic carbocycles. The van der Waals surface area contributed by atoms with Gasteiger partial charge in [0, 0.05) is 56.2 Å². The minimum Gasteiger partial charge on any atom is -0.361 e. The molecule has 0 bridgehead atoms. The number of thioether (sulfide) groups is 1. The Balaban J connectivity index is 1.64. The van der Waals surface area contributed by atoms with E-state index in [-0.39, 0.29) is 22.4 Å². The Morgan fingerprint density at radius 3 is 2.56 bits per heavy atom. The first-order valence-corrected chi connectivity index (χ1v) is 9.20. The van der Waals surface area contributed by atoms with Gasteiger partial charge in [-0.25, -0.2) is 4.98 Å². The quantitative estimate of drug-likeness (QED) is 0.735. The van der Waals surface area contributed by atoms with Gasteiger partial charge < -0.3 is 9.42 Å². The van der Waals surface area contributed by atoms with Crippen molar-refractivity contribution in [3.05, 3.63) is 40.9 Å². The van der Waals surface area contributed by atoms with Crippen LogP contribution in [0, 0.1) is 13.8 Å². The van der Waals surface area contributed by atoms with Gasteiger partial charge in [-0.05, 0) is 26.0 Å². The molecule has 3 rings (SSSR count). The number of amides is 1. The SMILES string of the molecule is Cc1noc(C)c1CN1CCN(C(=O)c2cccnc2SC(F)(F)F)CC1. The molecule has 2 aromatic rings. The van der Waals surface area contributed by atoms with E-state index in [0.717, 1.165) is 17.0 Å². The highest BCUT2D eigenvalue weighted by Crippen LogP contribution is 2.37. The second kappa shape index (κ2) is 7.89. The van der Waals surface area contributed by atoms with Gasteiger partial charge in [-0.15, -0.1) is 0 Å². The average molecular weight is 400 g/mol. The highest BCUT2D eigenvalue weighted by Gasteiger charge is 2.33. The highest BCUT2D eigenvalue weighted by atomic mass is 32.2. The molecular weight excluding hydrogens is 381 g/mol. The Kier molecular flexibility index (Phi) is 5.75. The number of halogens is 3. The molecule has 0 spiro atoms. The van der Waals surface area contributed by atoms with Crippen LogP contribution in [0.15, 0.2) is 27.9 Å². The van der Waals surface area contributed by atoms with Gasteiger partial charge in [-0.1, -0.05) is 5.16 Å². The second-order valence-electron chi connectivity index (χ2n) is 6.27. The predicted molar refractivity (Wildman–Crippen MR) is 93.3 cm³/mol. The van der Waals surface area contributed by atoms with Gasteiger partial charge >= 0.3 is 5.51 Å². The Morgan fingerprint density at radius 2 is 1.96 bits per heavy atom. The summed E-state index contributed by atoms with van der Waals surface area (Å²) in [5.41, 5.74) is -2.63. The zero-order valence-electron chi connectivity index (χ0n) is 14.9. The fourth-order valence-electron chi connectivity index (χ4n) is 2.98. The smallest absolute Gasteiger partial charge is 0.361 e. The standard InChI is InChI=1S/C17H19F3N4O2S/c1-11-14(12(2)26-22-11)10-23-6-8-24(9-7-23)16(25)13-4-3-5-21-15(13)27-17(18,19)20/h3-5H,6-10H2,1-2H3. The van der Waals surface area contributed by atoms with Crippen molar-refractivity contribution in [2.75, 3.05) is 26.2 Å². The summed E-state index contributed by atoms with van der Waals surface area (Å²) in [7, 11) is 0. The maximum Gasteiger partial charge on any atom is 0.447 e. The van der Waals surface area contributed by atoms with E-state index in [0.29, 0.717) is 32.7 Å². The molecule has 10 heteroatoms. The molecule has 0 aliphatic carbocycles. The number of aryl methyl sites for hydroxylation is 2. The predicted octanol–water partition coefficient (Wildman–Crippen LogP) is 3.26. The molecule has 146 valence electrons. The van der Waals surface area contributed by atoms with Crippen LogP contribution in [-0.4, -0.2) is 57.5 Å². The van der Waals surface area contributed by atoms with Crippen LogP contribution in [0.2, 0.25) is 0 Å². The third-order valence-electron chi connectivity index (χ3n) is 4.44. The Labute approximate surface area is 158 Å². The van der Waals surface area contributed by atoms with Gasteiger partial charge in [-0.2, -0.15) is 13.2 Å². The fourth-order valence-corrected chi connectivity index (χ4v) is 3.57. The lowest BCUT2D eigenvalue weighted by Crippen LogP contribution is -2.48. The Morgan fingerprint density at radius 1 is 1.26 bits per heavy atom. The fraction of sp³-hybridized carbons (Fsp3) is 0.471. The minimum absolute atomic E-state index is 0.0148. The number of alkyl halides is 3. The summed E-state index contributed by atoms with van der Waals surface area (Å²) in [6, 6.07) is 2.86. The number of hydrogen-bond acceptors (Lipinski definition) is 6. The zero-order valence-corrected chi connectivity index (χ0v) is 15.7. The lowest BCUT2D eigenvalue weighted by atomic mass is 10.1. The molecule has 1 saturated heterocycles. The van der Waals surface area contributed by atoms with E-state index in [9.17, 15) is 18.0 Å². The van der Waals surface area contributed by atoms with Gasteiger partial charge in [0.2, 0.25) is 0 Å². The number of pyridine rings is 1. The van der Waals surface area contributed by atoms with Crippen LogP contribution in [0.25, 0.3) is 0 Å². The van der Waals surface area contributed by atoms with Gasteiger partial charge in [0.1, 0.15) is 10.8 Å². The van der Waals surface area contributed by atoms with Crippen LogP contribution in [0.5, 0.6) is 0 Å². The molecule has 3 heterocycles. The summed E-state index contributed by atoms with van der Waals surface area (Å²) in [5.74, 6) is 0.349. The molecule has 0 saturated carbocycles. The van der Waals surface area contributed by atoms with Crippen molar-refractivity contribution in [3.63, 3.8) is 0 Å². The summed E-state index contributed by atoms with van der Waals surface area (Å²) in [6.07, 6.45) is 1.26. The summed E-state index contributed by atoms with van der Waals surface area (Å²) in [4.78, 5) is 20.2. The Bertz CT molecular complexity index is 797. The molecule has 27 heavy (non-hydrogen) atoms. The van der Waals surface area contributed by atoms with Crippen molar-refractivity contribution < 1.29 is 22.5 Å². The number of hydrogen-bond donors (Lipinski definition) is 0.